The molecule has 0 aliphatic rings. The van der Waals surface area contributed by atoms with Crippen LogP contribution in [-0.2, 0) is 4.79 Å². The van der Waals surface area contributed by atoms with Crippen LogP contribution in [0, 0.1) is 0 Å². The van der Waals surface area contributed by atoms with Gasteiger partial charge in [-0.25, -0.2) is 0 Å². The first-order chi connectivity index (χ1) is 7.95. The molecule has 0 bridgehead atoms. The smallest absolute Gasteiger partial charge is 0.239 e. The van der Waals surface area contributed by atoms with Crippen molar-refractivity contribution in [1.82, 2.24) is 5.32 Å². The van der Waals surface area contributed by atoms with Crippen molar-refractivity contribution in [3.05, 3.63) is 28.8 Å². The second kappa shape index (κ2) is 5.89. The Bertz CT molecular complexity index is 407. The van der Waals surface area contributed by atoms with Gasteiger partial charge in [0.25, 0.3) is 0 Å². The van der Waals surface area contributed by atoms with E-state index in [0.717, 1.165) is 11.3 Å². The van der Waals surface area contributed by atoms with Crippen molar-refractivity contribution in [2.75, 3.05) is 25.5 Å². The van der Waals surface area contributed by atoms with Crippen LogP contribution in [0.1, 0.15) is 18.6 Å². The summed E-state index contributed by atoms with van der Waals surface area (Å²) in [6.07, 6.45) is -0.550. The Morgan fingerprint density at radius 1 is 1.59 bits per heavy atom. The lowest BCUT2D eigenvalue weighted by Gasteiger charge is -2.20. The van der Waals surface area contributed by atoms with Crippen LogP contribution >= 0.6 is 11.6 Å². The Labute approximate surface area is 106 Å². The molecule has 1 rings (SSSR count). The SMILES string of the molecule is CNC(=O)CN(C)c1ccc(C(C)O)cc1Cl. The van der Waals surface area contributed by atoms with Gasteiger partial charge in [0.1, 0.15) is 0 Å². The molecule has 0 aliphatic carbocycles. The molecule has 1 unspecified atom stereocenters. The molecular weight excluding hydrogens is 240 g/mol. The Kier molecular flexibility index (Phi) is 4.78. The number of rotatable bonds is 4. The molecule has 0 heterocycles. The number of likely N-dealkylation sites (N-methyl/N-ethyl adjacent to an activating group) is 2. The van der Waals surface area contributed by atoms with Gasteiger partial charge in [0.05, 0.1) is 23.4 Å². The fourth-order valence-electron chi connectivity index (χ4n) is 1.47. The van der Waals surface area contributed by atoms with Crippen molar-refractivity contribution in [2.45, 2.75) is 13.0 Å². The molecule has 0 spiro atoms. The summed E-state index contributed by atoms with van der Waals surface area (Å²) in [6, 6.07) is 5.31. The number of carbonyl (C=O) groups excluding carboxylic acids is 1. The van der Waals surface area contributed by atoms with Crippen LogP contribution in [0.15, 0.2) is 18.2 Å². The van der Waals surface area contributed by atoms with E-state index in [0.29, 0.717) is 5.02 Å². The van der Waals surface area contributed by atoms with Crippen molar-refractivity contribution < 1.29 is 9.90 Å². The van der Waals surface area contributed by atoms with E-state index >= 15 is 0 Å². The molecule has 5 heteroatoms. The molecule has 1 aromatic carbocycles. The van der Waals surface area contributed by atoms with E-state index in [-0.39, 0.29) is 12.5 Å². The number of halogens is 1. The molecule has 1 atom stereocenters. The highest BCUT2D eigenvalue weighted by molar-refractivity contribution is 6.33. The van der Waals surface area contributed by atoms with Crippen molar-refractivity contribution in [3.63, 3.8) is 0 Å². The summed E-state index contributed by atoms with van der Waals surface area (Å²) in [5.41, 5.74) is 1.52. The van der Waals surface area contributed by atoms with Crippen molar-refractivity contribution in [2.24, 2.45) is 0 Å². The molecule has 0 saturated carbocycles. The average Bonchev–Trinajstić information content (AvgIpc) is 2.28. The van der Waals surface area contributed by atoms with E-state index in [1.165, 1.54) is 0 Å². The van der Waals surface area contributed by atoms with Crippen LogP contribution in [0.3, 0.4) is 0 Å². The summed E-state index contributed by atoms with van der Waals surface area (Å²) in [4.78, 5) is 13.0. The highest BCUT2D eigenvalue weighted by Crippen LogP contribution is 2.28. The predicted octanol–water partition coefficient (Wildman–Crippen LogP) is 1.58. The fraction of sp³-hybridized carbons (Fsp3) is 0.417. The molecule has 2 N–H and O–H groups in total. The Morgan fingerprint density at radius 2 is 2.24 bits per heavy atom. The minimum Gasteiger partial charge on any atom is -0.389 e. The first kappa shape index (κ1) is 13.8. The maximum atomic E-state index is 11.2. The van der Waals surface area contributed by atoms with E-state index in [9.17, 15) is 9.90 Å². The molecule has 1 aromatic rings. The second-order valence-electron chi connectivity index (χ2n) is 3.92. The first-order valence-electron chi connectivity index (χ1n) is 5.35. The first-order valence-corrected chi connectivity index (χ1v) is 5.72. The van der Waals surface area contributed by atoms with Crippen molar-refractivity contribution in [3.8, 4) is 0 Å². The third-order valence-corrected chi connectivity index (χ3v) is 2.83. The van der Waals surface area contributed by atoms with E-state index in [1.54, 1.807) is 44.1 Å². The van der Waals surface area contributed by atoms with Crippen molar-refractivity contribution >= 4 is 23.2 Å². The second-order valence-corrected chi connectivity index (χ2v) is 4.32. The molecular formula is C12H17ClN2O2. The minimum absolute atomic E-state index is 0.0804. The van der Waals surface area contributed by atoms with Gasteiger partial charge >= 0.3 is 0 Å². The molecule has 0 fully saturated rings. The average molecular weight is 257 g/mol. The van der Waals surface area contributed by atoms with E-state index < -0.39 is 6.10 Å². The maximum Gasteiger partial charge on any atom is 0.239 e. The molecule has 94 valence electrons. The number of amides is 1. The van der Waals surface area contributed by atoms with Crippen LogP contribution in [-0.4, -0.2) is 31.7 Å². The number of aliphatic hydroxyl groups is 1. The summed E-state index contributed by atoms with van der Waals surface area (Å²) in [6.45, 7) is 1.92. The molecule has 4 nitrogen and oxygen atoms in total. The third-order valence-electron chi connectivity index (χ3n) is 2.53. The normalized spacial score (nSPS) is 12.1. The van der Waals surface area contributed by atoms with Gasteiger partial charge in [-0.15, -0.1) is 0 Å². The molecule has 0 aliphatic heterocycles. The summed E-state index contributed by atoms with van der Waals surface area (Å²) in [5, 5.41) is 12.5. The van der Waals surface area contributed by atoms with Gasteiger partial charge in [-0.05, 0) is 24.6 Å². The molecule has 0 radical (unpaired) electrons. The van der Waals surface area contributed by atoms with Gasteiger partial charge < -0.3 is 15.3 Å². The van der Waals surface area contributed by atoms with Gasteiger partial charge in [0, 0.05) is 14.1 Å². The largest absolute Gasteiger partial charge is 0.389 e. The lowest BCUT2D eigenvalue weighted by Crippen LogP contribution is -2.33. The lowest BCUT2D eigenvalue weighted by molar-refractivity contribution is -0.119. The highest BCUT2D eigenvalue weighted by atomic mass is 35.5. The number of aliphatic hydroxyl groups excluding tert-OH is 1. The number of nitrogens with zero attached hydrogens (tertiary/aromatic N) is 1. The van der Waals surface area contributed by atoms with Gasteiger partial charge in [-0.3, -0.25) is 4.79 Å². The van der Waals surface area contributed by atoms with Gasteiger partial charge in [0.2, 0.25) is 5.91 Å². The number of hydrogen-bond donors (Lipinski definition) is 2. The lowest BCUT2D eigenvalue weighted by atomic mass is 10.1. The Morgan fingerprint density at radius 3 is 2.71 bits per heavy atom. The number of hydrogen-bond acceptors (Lipinski definition) is 3. The van der Waals surface area contributed by atoms with Crippen LogP contribution in [0.4, 0.5) is 5.69 Å². The molecule has 0 saturated heterocycles. The number of benzene rings is 1. The standard InChI is InChI=1S/C12H17ClN2O2/c1-8(16)9-4-5-11(10(13)6-9)15(3)7-12(17)14-2/h4-6,8,16H,7H2,1-3H3,(H,14,17). The molecule has 1 amide bonds. The number of nitrogens with one attached hydrogen (secondary N) is 1. The topological polar surface area (TPSA) is 52.6 Å². The van der Waals surface area contributed by atoms with Crippen LogP contribution < -0.4 is 10.2 Å². The fourth-order valence-corrected chi connectivity index (χ4v) is 1.81. The summed E-state index contributed by atoms with van der Waals surface area (Å²) in [5.74, 6) is -0.0804. The minimum atomic E-state index is -0.550. The van der Waals surface area contributed by atoms with Crippen LogP contribution in [0.2, 0.25) is 5.02 Å². The quantitative estimate of drug-likeness (QED) is 0.860. The zero-order valence-electron chi connectivity index (χ0n) is 10.2. The Hall–Kier alpha value is -1.26. The third kappa shape index (κ3) is 3.61. The van der Waals surface area contributed by atoms with Gasteiger partial charge in [-0.2, -0.15) is 0 Å². The van der Waals surface area contributed by atoms with E-state index in [4.69, 9.17) is 11.6 Å². The van der Waals surface area contributed by atoms with Crippen molar-refractivity contribution in [1.29, 1.82) is 0 Å². The van der Waals surface area contributed by atoms with Gasteiger partial charge in [0.15, 0.2) is 0 Å². The summed E-state index contributed by atoms with van der Waals surface area (Å²) >= 11 is 6.11. The van der Waals surface area contributed by atoms with Crippen LogP contribution in [0.25, 0.3) is 0 Å². The van der Waals surface area contributed by atoms with Gasteiger partial charge in [-0.1, -0.05) is 17.7 Å². The number of carbonyl (C=O) groups is 1. The molecule has 0 aromatic heterocycles. The maximum absolute atomic E-state index is 11.2. The summed E-state index contributed by atoms with van der Waals surface area (Å²) < 4.78 is 0. The number of anilines is 1. The summed E-state index contributed by atoms with van der Waals surface area (Å²) in [7, 11) is 3.38. The Balaban J connectivity index is 2.88. The zero-order chi connectivity index (χ0) is 13.0. The monoisotopic (exact) mass is 256 g/mol. The van der Waals surface area contributed by atoms with E-state index in [2.05, 4.69) is 5.32 Å². The predicted molar refractivity (Wildman–Crippen MR) is 69.4 cm³/mol. The highest BCUT2D eigenvalue weighted by Gasteiger charge is 2.11. The van der Waals surface area contributed by atoms with Crippen LogP contribution in [0.5, 0.6) is 0 Å². The van der Waals surface area contributed by atoms with E-state index in [1.807, 2.05) is 0 Å². The molecule has 17 heavy (non-hydrogen) atoms. The zero-order valence-corrected chi connectivity index (χ0v) is 11.0.